The van der Waals surface area contributed by atoms with Crippen molar-refractivity contribution in [1.82, 2.24) is 0 Å². The van der Waals surface area contributed by atoms with E-state index in [1.807, 2.05) is 0 Å². The van der Waals surface area contributed by atoms with Gasteiger partial charge in [-0.2, -0.15) is 12.6 Å². The van der Waals surface area contributed by atoms with Crippen LogP contribution in [0.25, 0.3) is 0 Å². The highest BCUT2D eigenvalue weighted by Gasteiger charge is 2.30. The van der Waals surface area contributed by atoms with Crippen molar-refractivity contribution in [2.45, 2.75) is 6.42 Å². The topological polar surface area (TPSA) is 20.3 Å². The Morgan fingerprint density at radius 1 is 1.31 bits per heavy atom. The second-order valence-corrected chi connectivity index (χ2v) is 4.25. The molecular formula is C11H11F2NOS. The molecule has 2 nitrogen and oxygen atoms in total. The van der Waals surface area contributed by atoms with Gasteiger partial charge in [-0.1, -0.05) is 0 Å². The molecule has 0 aliphatic carbocycles. The summed E-state index contributed by atoms with van der Waals surface area (Å²) in [5.41, 5.74) is 0.284. The summed E-state index contributed by atoms with van der Waals surface area (Å²) in [6, 6.07) is 3.13. The van der Waals surface area contributed by atoms with Gasteiger partial charge in [0.25, 0.3) is 0 Å². The largest absolute Gasteiger partial charge is 0.312 e. The maximum Gasteiger partial charge on any atom is 0.227 e. The predicted octanol–water partition coefficient (Wildman–Crippen LogP) is 2.25. The molecule has 0 saturated carbocycles. The molecule has 2 rings (SSSR count). The molecule has 1 atom stereocenters. The maximum atomic E-state index is 13.0. The molecule has 1 aliphatic rings. The Balaban J connectivity index is 2.27. The van der Waals surface area contributed by atoms with Gasteiger partial charge >= 0.3 is 0 Å². The summed E-state index contributed by atoms with van der Waals surface area (Å²) in [6.45, 7) is 0.477. The molecule has 0 radical (unpaired) electrons. The molecule has 1 fully saturated rings. The van der Waals surface area contributed by atoms with Crippen molar-refractivity contribution in [3.8, 4) is 0 Å². The third-order valence-corrected chi connectivity index (χ3v) is 3.14. The monoisotopic (exact) mass is 243 g/mol. The van der Waals surface area contributed by atoms with Crippen molar-refractivity contribution >= 4 is 24.2 Å². The number of nitrogens with zero attached hydrogens (tertiary/aromatic N) is 1. The Hall–Kier alpha value is -1.10. The van der Waals surface area contributed by atoms with E-state index in [0.29, 0.717) is 18.7 Å². The van der Waals surface area contributed by atoms with Crippen molar-refractivity contribution in [2.24, 2.45) is 5.92 Å². The lowest BCUT2D eigenvalue weighted by molar-refractivity contribution is -0.117. The van der Waals surface area contributed by atoms with Gasteiger partial charge in [0.15, 0.2) is 0 Å². The zero-order valence-electron chi connectivity index (χ0n) is 8.49. The van der Waals surface area contributed by atoms with Crippen LogP contribution in [0.2, 0.25) is 0 Å². The van der Waals surface area contributed by atoms with Gasteiger partial charge in [-0.05, 0) is 23.8 Å². The maximum absolute atomic E-state index is 13.0. The standard InChI is InChI=1S/C11H11F2NOS/c12-8-2-9(13)4-10(3-8)14-5-7(6-16)1-11(14)15/h2-4,7,16H,1,5-6H2. The second-order valence-electron chi connectivity index (χ2n) is 3.88. The number of anilines is 1. The Morgan fingerprint density at radius 2 is 1.94 bits per heavy atom. The quantitative estimate of drug-likeness (QED) is 0.790. The van der Waals surface area contributed by atoms with Gasteiger partial charge in [-0.25, -0.2) is 8.78 Å². The zero-order chi connectivity index (χ0) is 11.7. The third kappa shape index (κ3) is 2.19. The van der Waals surface area contributed by atoms with Gasteiger partial charge in [0.2, 0.25) is 5.91 Å². The number of carbonyl (C=O) groups is 1. The molecule has 0 aromatic heterocycles. The molecule has 0 N–H and O–H groups in total. The lowest BCUT2D eigenvalue weighted by Gasteiger charge is -2.16. The number of hydrogen-bond acceptors (Lipinski definition) is 2. The molecule has 1 amide bonds. The minimum absolute atomic E-state index is 0.107. The molecule has 1 aliphatic heterocycles. The van der Waals surface area contributed by atoms with E-state index in [-0.39, 0.29) is 17.5 Å². The second kappa shape index (κ2) is 4.41. The summed E-state index contributed by atoms with van der Waals surface area (Å²) in [7, 11) is 0. The smallest absolute Gasteiger partial charge is 0.227 e. The van der Waals surface area contributed by atoms with Crippen molar-refractivity contribution < 1.29 is 13.6 Å². The van der Waals surface area contributed by atoms with E-state index >= 15 is 0 Å². The van der Waals surface area contributed by atoms with Gasteiger partial charge in [0, 0.05) is 24.7 Å². The summed E-state index contributed by atoms with van der Waals surface area (Å²) < 4.78 is 26.0. The number of rotatable bonds is 2. The fraction of sp³-hybridized carbons (Fsp3) is 0.364. The highest BCUT2D eigenvalue weighted by Crippen LogP contribution is 2.26. The first kappa shape index (κ1) is 11.4. The van der Waals surface area contributed by atoms with E-state index in [1.54, 1.807) is 0 Å². The van der Waals surface area contributed by atoms with Crippen LogP contribution in [-0.2, 0) is 4.79 Å². The van der Waals surface area contributed by atoms with Crippen LogP contribution in [0.15, 0.2) is 18.2 Å². The van der Waals surface area contributed by atoms with Crippen LogP contribution in [0, 0.1) is 17.6 Å². The fourth-order valence-corrected chi connectivity index (χ4v) is 2.09. The Kier molecular flexibility index (Phi) is 3.14. The molecule has 1 saturated heterocycles. The van der Waals surface area contributed by atoms with Crippen molar-refractivity contribution in [3.63, 3.8) is 0 Å². The summed E-state index contributed by atoms with van der Waals surface area (Å²) in [5.74, 6) is -0.694. The van der Waals surface area contributed by atoms with Gasteiger partial charge in [0.1, 0.15) is 11.6 Å². The van der Waals surface area contributed by atoms with E-state index in [2.05, 4.69) is 12.6 Å². The lowest BCUT2D eigenvalue weighted by atomic mass is 10.1. The molecule has 1 heterocycles. The number of amides is 1. The van der Waals surface area contributed by atoms with E-state index < -0.39 is 11.6 Å². The molecule has 86 valence electrons. The molecule has 0 spiro atoms. The molecule has 1 unspecified atom stereocenters. The van der Waals surface area contributed by atoms with Crippen molar-refractivity contribution in [1.29, 1.82) is 0 Å². The van der Waals surface area contributed by atoms with E-state index in [0.717, 1.165) is 6.07 Å². The highest BCUT2D eigenvalue weighted by molar-refractivity contribution is 7.80. The van der Waals surface area contributed by atoms with Gasteiger partial charge < -0.3 is 4.90 Å². The normalized spacial score (nSPS) is 20.6. The van der Waals surface area contributed by atoms with Crippen LogP contribution in [0.5, 0.6) is 0 Å². The number of hydrogen-bond donors (Lipinski definition) is 1. The summed E-state index contributed by atoms with van der Waals surface area (Å²) in [4.78, 5) is 13.0. The minimum Gasteiger partial charge on any atom is -0.312 e. The SMILES string of the molecule is O=C1CC(CS)CN1c1cc(F)cc(F)c1. The molecule has 0 bridgehead atoms. The van der Waals surface area contributed by atoms with Crippen LogP contribution in [-0.4, -0.2) is 18.2 Å². The third-order valence-electron chi connectivity index (χ3n) is 2.62. The highest BCUT2D eigenvalue weighted by atomic mass is 32.1. The first-order chi connectivity index (χ1) is 7.60. The van der Waals surface area contributed by atoms with Crippen molar-refractivity contribution in [3.05, 3.63) is 29.8 Å². The molecule has 1 aromatic rings. The van der Waals surface area contributed by atoms with Crippen LogP contribution in [0.4, 0.5) is 14.5 Å². The van der Waals surface area contributed by atoms with Gasteiger partial charge in [-0.3, -0.25) is 4.79 Å². The van der Waals surface area contributed by atoms with Gasteiger partial charge in [-0.15, -0.1) is 0 Å². The summed E-state index contributed by atoms with van der Waals surface area (Å²) >= 11 is 4.12. The van der Waals surface area contributed by atoms with Crippen LogP contribution in [0.3, 0.4) is 0 Å². The number of halogens is 2. The average molecular weight is 243 g/mol. The first-order valence-corrected chi connectivity index (χ1v) is 5.60. The Bertz CT molecular complexity index is 404. The Labute approximate surface area is 97.7 Å². The summed E-state index contributed by atoms with van der Waals surface area (Å²) in [5, 5.41) is 0. The average Bonchev–Trinajstić information content (AvgIpc) is 2.58. The fourth-order valence-electron chi connectivity index (χ4n) is 1.85. The molecule has 5 heteroatoms. The van der Waals surface area contributed by atoms with Gasteiger partial charge in [0.05, 0.1) is 0 Å². The van der Waals surface area contributed by atoms with Crippen molar-refractivity contribution in [2.75, 3.05) is 17.2 Å². The molecular weight excluding hydrogens is 232 g/mol. The van der Waals surface area contributed by atoms with E-state index in [4.69, 9.17) is 0 Å². The lowest BCUT2D eigenvalue weighted by Crippen LogP contribution is -2.24. The van der Waals surface area contributed by atoms with Crippen LogP contribution < -0.4 is 4.90 Å². The first-order valence-electron chi connectivity index (χ1n) is 4.97. The van der Waals surface area contributed by atoms with E-state index in [9.17, 15) is 13.6 Å². The van der Waals surface area contributed by atoms with Crippen LogP contribution in [0.1, 0.15) is 6.42 Å². The zero-order valence-corrected chi connectivity index (χ0v) is 9.38. The Morgan fingerprint density at radius 3 is 2.44 bits per heavy atom. The summed E-state index contributed by atoms with van der Waals surface area (Å²) in [6.07, 6.45) is 0.391. The molecule has 1 aromatic carbocycles. The van der Waals surface area contributed by atoms with E-state index in [1.165, 1.54) is 17.0 Å². The minimum atomic E-state index is -0.669. The molecule has 16 heavy (non-hydrogen) atoms. The number of benzene rings is 1. The van der Waals surface area contributed by atoms with Crippen LogP contribution >= 0.6 is 12.6 Å². The number of thiol groups is 1. The number of carbonyl (C=O) groups excluding carboxylic acids is 1. The predicted molar refractivity (Wildman–Crippen MR) is 60.7 cm³/mol.